The van der Waals surface area contributed by atoms with Crippen molar-refractivity contribution in [2.45, 2.75) is 24.2 Å². The molecule has 4 amide bonds. The summed E-state index contributed by atoms with van der Waals surface area (Å²) >= 11 is 0. The second-order valence-electron chi connectivity index (χ2n) is 11.8. The second kappa shape index (κ2) is 10.6. The summed E-state index contributed by atoms with van der Waals surface area (Å²) in [6.45, 7) is 0. The van der Waals surface area contributed by atoms with Crippen molar-refractivity contribution in [1.82, 2.24) is 10.0 Å². The fraction of sp³-hybridized carbons (Fsp3) is 0.222. The summed E-state index contributed by atoms with van der Waals surface area (Å²) < 4.78 is 10.6. The minimum absolute atomic E-state index is 0.351. The van der Waals surface area contributed by atoms with Gasteiger partial charge in [0, 0.05) is 0 Å². The number of fused-ring (bicyclic) bond motifs is 5. The molecule has 0 saturated carbocycles. The molecule has 4 fully saturated rings. The van der Waals surface area contributed by atoms with Crippen LogP contribution in [-0.4, -0.2) is 59.9 Å². The molecule has 4 aliphatic rings. The van der Waals surface area contributed by atoms with Crippen LogP contribution in [0.5, 0.6) is 11.5 Å². The van der Waals surface area contributed by atoms with E-state index in [2.05, 4.69) is 0 Å². The molecule has 10 heteroatoms. The van der Waals surface area contributed by atoms with Crippen LogP contribution >= 0.6 is 0 Å². The van der Waals surface area contributed by atoms with Gasteiger partial charge in [-0.2, -0.15) is 0 Å². The lowest BCUT2D eigenvalue weighted by molar-refractivity contribution is -0.136. The molecule has 0 aliphatic carbocycles. The van der Waals surface area contributed by atoms with E-state index in [1.54, 1.807) is 62.8 Å². The normalized spacial score (nSPS) is 27.3. The quantitative estimate of drug-likeness (QED) is 0.299. The first-order valence-electron chi connectivity index (χ1n) is 15.1. The minimum atomic E-state index is -0.925. The van der Waals surface area contributed by atoms with Crippen molar-refractivity contribution in [2.75, 3.05) is 24.0 Å². The molecule has 4 aromatic carbocycles. The number of nitrogens with zero attached hydrogens (tertiary/aromatic N) is 4. The van der Waals surface area contributed by atoms with Crippen LogP contribution in [-0.2, 0) is 19.2 Å². The maximum absolute atomic E-state index is 14.5. The largest absolute Gasteiger partial charge is 0.497 e. The van der Waals surface area contributed by atoms with Crippen molar-refractivity contribution in [2.24, 2.45) is 11.8 Å². The Kier molecular flexibility index (Phi) is 6.52. The van der Waals surface area contributed by atoms with E-state index in [1.165, 1.54) is 9.80 Å². The maximum Gasteiger partial charge on any atom is 0.253 e. The number of rotatable bonds is 6. The zero-order valence-electron chi connectivity index (χ0n) is 25.1. The van der Waals surface area contributed by atoms with Crippen molar-refractivity contribution < 1.29 is 28.7 Å². The van der Waals surface area contributed by atoms with Gasteiger partial charge in [-0.3, -0.25) is 19.2 Å². The average Bonchev–Trinajstić information content (AvgIpc) is 3.77. The average molecular weight is 615 g/mol. The van der Waals surface area contributed by atoms with Crippen molar-refractivity contribution >= 4 is 35.0 Å². The molecule has 4 saturated heterocycles. The van der Waals surface area contributed by atoms with Crippen molar-refractivity contribution in [3.63, 3.8) is 0 Å². The number of ether oxygens (including phenoxy) is 2. The number of amides is 4. The van der Waals surface area contributed by atoms with Gasteiger partial charge >= 0.3 is 0 Å². The van der Waals surface area contributed by atoms with Gasteiger partial charge in [0.15, 0.2) is 0 Å². The molecule has 46 heavy (non-hydrogen) atoms. The number of anilines is 2. The smallest absolute Gasteiger partial charge is 0.253 e. The molecular weight excluding hydrogens is 584 g/mol. The van der Waals surface area contributed by atoms with Gasteiger partial charge in [0.1, 0.15) is 23.6 Å². The van der Waals surface area contributed by atoms with Crippen LogP contribution < -0.4 is 19.3 Å². The molecule has 10 nitrogen and oxygen atoms in total. The SMILES string of the molecule is COc1ccc(N2C(=O)[C@H]3[C@@H](C2=O)N2[C@@H](c4ccccc4)[C@H]4C(=O)N(c5ccc(OC)cc5)C(=O)[C@@H]4N2[C@@H]3c2ccccc2)cc1. The number of hydrogen-bond donors (Lipinski definition) is 0. The van der Waals surface area contributed by atoms with Gasteiger partial charge < -0.3 is 9.47 Å². The lowest BCUT2D eigenvalue weighted by atomic mass is 9.84. The third-order valence-corrected chi connectivity index (χ3v) is 9.67. The van der Waals surface area contributed by atoms with Gasteiger partial charge in [0.25, 0.3) is 11.8 Å². The molecule has 0 unspecified atom stereocenters. The van der Waals surface area contributed by atoms with E-state index in [0.717, 1.165) is 11.1 Å². The van der Waals surface area contributed by atoms with E-state index in [4.69, 9.17) is 9.47 Å². The number of benzene rings is 4. The van der Waals surface area contributed by atoms with Crippen LogP contribution in [0, 0.1) is 11.8 Å². The van der Waals surface area contributed by atoms with Crippen molar-refractivity contribution in [1.29, 1.82) is 0 Å². The Bertz CT molecular complexity index is 1710. The van der Waals surface area contributed by atoms with E-state index in [0.29, 0.717) is 22.9 Å². The Balaban J connectivity index is 1.29. The molecule has 4 aromatic rings. The van der Waals surface area contributed by atoms with Crippen molar-refractivity contribution in [3.05, 3.63) is 120 Å². The van der Waals surface area contributed by atoms with Crippen LogP contribution in [0.15, 0.2) is 109 Å². The van der Waals surface area contributed by atoms with Crippen LogP contribution in [0.3, 0.4) is 0 Å². The molecule has 0 radical (unpaired) electrons. The lowest BCUT2D eigenvalue weighted by Crippen LogP contribution is -2.50. The Labute approximate surface area is 265 Å². The third kappa shape index (κ3) is 3.90. The highest BCUT2D eigenvalue weighted by molar-refractivity contribution is 6.26. The van der Waals surface area contributed by atoms with Crippen LogP contribution in [0.2, 0.25) is 0 Å². The van der Waals surface area contributed by atoms with Crippen LogP contribution in [0.4, 0.5) is 11.4 Å². The Morgan fingerprint density at radius 1 is 0.435 bits per heavy atom. The topological polar surface area (TPSA) is 99.7 Å². The summed E-state index contributed by atoms with van der Waals surface area (Å²) in [6, 6.07) is 29.3. The Morgan fingerprint density at radius 2 is 0.783 bits per heavy atom. The van der Waals surface area contributed by atoms with E-state index in [9.17, 15) is 19.2 Å². The molecule has 0 aromatic heterocycles. The first-order chi connectivity index (χ1) is 22.4. The van der Waals surface area contributed by atoms with E-state index >= 15 is 0 Å². The molecule has 0 N–H and O–H groups in total. The predicted octanol–water partition coefficient (Wildman–Crippen LogP) is 4.15. The Hall–Kier alpha value is -5.32. The fourth-order valence-electron chi connectivity index (χ4n) is 7.77. The number of carbonyl (C=O) groups is 4. The van der Waals surface area contributed by atoms with E-state index in [1.807, 2.05) is 70.7 Å². The van der Waals surface area contributed by atoms with Crippen molar-refractivity contribution in [3.8, 4) is 11.5 Å². The van der Waals surface area contributed by atoms with Gasteiger partial charge in [0.05, 0.1) is 49.5 Å². The molecular formula is C36H30N4O6. The predicted molar refractivity (Wildman–Crippen MR) is 168 cm³/mol. The molecule has 4 aliphatic heterocycles. The molecule has 0 spiro atoms. The fourth-order valence-corrected chi connectivity index (χ4v) is 7.77. The number of hydrazine groups is 1. The monoisotopic (exact) mass is 614 g/mol. The van der Waals surface area contributed by atoms with Crippen LogP contribution in [0.1, 0.15) is 23.2 Å². The molecule has 8 rings (SSSR count). The van der Waals surface area contributed by atoms with E-state index in [-0.39, 0.29) is 11.8 Å². The summed E-state index contributed by atoms with van der Waals surface area (Å²) in [4.78, 5) is 60.3. The number of carbonyl (C=O) groups excluding carboxylic acids is 4. The molecule has 6 atom stereocenters. The number of imide groups is 2. The summed E-state index contributed by atoms with van der Waals surface area (Å²) in [6.07, 6.45) is 0. The molecule has 0 bridgehead atoms. The standard InChI is InChI=1S/C36H30N4O6/c1-45-25-17-13-23(14-18-25)37-33(41)27-29(21-9-5-3-6-10-21)40-32-28(30(22-11-7-4-8-12-22)39(40)31(27)35(37)43)34(42)38(36(32)44)24-15-19-26(46-2)20-16-24/h3-20,27-32H,1-2H3/t27-,28-,29-,30+,31+,32-/m1/s1. The first kappa shape index (κ1) is 28.2. The van der Waals surface area contributed by atoms with Gasteiger partial charge in [-0.15, -0.1) is 0 Å². The lowest BCUT2D eigenvalue weighted by Gasteiger charge is -2.35. The zero-order valence-corrected chi connectivity index (χ0v) is 25.1. The highest BCUT2D eigenvalue weighted by Crippen LogP contribution is 2.59. The van der Waals surface area contributed by atoms with Crippen LogP contribution in [0.25, 0.3) is 0 Å². The molecule has 230 valence electrons. The molecule has 4 heterocycles. The van der Waals surface area contributed by atoms with Gasteiger partial charge in [-0.25, -0.2) is 19.8 Å². The summed E-state index contributed by atoms with van der Waals surface area (Å²) in [5.41, 5.74) is 2.45. The summed E-state index contributed by atoms with van der Waals surface area (Å²) in [5.74, 6) is -1.92. The van der Waals surface area contributed by atoms with E-state index < -0.39 is 47.8 Å². The zero-order chi connectivity index (χ0) is 31.7. The van der Waals surface area contributed by atoms with Gasteiger partial charge in [0.2, 0.25) is 11.8 Å². The maximum atomic E-state index is 14.5. The first-order valence-corrected chi connectivity index (χ1v) is 15.1. The highest BCUT2D eigenvalue weighted by atomic mass is 16.5. The number of hydrogen-bond acceptors (Lipinski definition) is 8. The number of methoxy groups -OCH3 is 2. The Morgan fingerprint density at radius 3 is 1.11 bits per heavy atom. The van der Waals surface area contributed by atoms with Gasteiger partial charge in [-0.05, 0) is 59.7 Å². The highest BCUT2D eigenvalue weighted by Gasteiger charge is 2.73. The second-order valence-corrected chi connectivity index (χ2v) is 11.8. The van der Waals surface area contributed by atoms with Gasteiger partial charge in [-0.1, -0.05) is 60.7 Å². The third-order valence-electron chi connectivity index (χ3n) is 9.67. The summed E-state index contributed by atoms with van der Waals surface area (Å²) in [7, 11) is 3.11. The summed E-state index contributed by atoms with van der Waals surface area (Å²) in [5, 5.41) is 3.75. The minimum Gasteiger partial charge on any atom is -0.497 e.